The second-order valence-corrected chi connectivity index (χ2v) is 7.84. The van der Waals surface area contributed by atoms with Crippen LogP contribution >= 0.6 is 11.8 Å². The molecule has 4 rings (SSSR count). The second-order valence-electron chi connectivity index (χ2n) is 6.53. The van der Waals surface area contributed by atoms with E-state index < -0.39 is 0 Å². The molecule has 136 valence electrons. The molecule has 0 radical (unpaired) electrons. The number of para-hydroxylation sites is 1. The number of fused-ring (bicyclic) bond motifs is 1. The van der Waals surface area contributed by atoms with Gasteiger partial charge in [0, 0.05) is 12.4 Å². The van der Waals surface area contributed by atoms with Crippen molar-refractivity contribution in [3.63, 3.8) is 0 Å². The van der Waals surface area contributed by atoms with Gasteiger partial charge in [-0.1, -0.05) is 36.0 Å². The molecule has 0 aliphatic heterocycles. The van der Waals surface area contributed by atoms with Gasteiger partial charge in [-0.25, -0.2) is 9.97 Å². The number of hydrogen-bond donors (Lipinski definition) is 1. The SMILES string of the molecule is Cc1cccc(-n2ccnc2SC(C)c2nc3ccccc3c(=O)[nH]2)c1C. The first kappa shape index (κ1) is 17.5. The maximum atomic E-state index is 12.4. The van der Waals surface area contributed by atoms with Crippen LogP contribution in [0.4, 0.5) is 0 Å². The fraction of sp³-hybridized carbons (Fsp3) is 0.190. The van der Waals surface area contributed by atoms with Gasteiger partial charge in [-0.3, -0.25) is 9.36 Å². The molecule has 0 aliphatic carbocycles. The Bertz CT molecular complexity index is 1180. The molecule has 0 amide bonds. The summed E-state index contributed by atoms with van der Waals surface area (Å²) in [7, 11) is 0. The van der Waals surface area contributed by atoms with E-state index in [-0.39, 0.29) is 10.8 Å². The minimum atomic E-state index is -0.110. The predicted molar refractivity (Wildman–Crippen MR) is 110 cm³/mol. The van der Waals surface area contributed by atoms with Crippen molar-refractivity contribution in [3.05, 3.63) is 82.2 Å². The molecule has 0 saturated heterocycles. The Morgan fingerprint density at radius 3 is 2.78 bits per heavy atom. The van der Waals surface area contributed by atoms with Crippen LogP contribution in [-0.4, -0.2) is 19.5 Å². The van der Waals surface area contributed by atoms with Crippen molar-refractivity contribution in [1.82, 2.24) is 19.5 Å². The molecule has 0 saturated carbocycles. The molecule has 4 aromatic rings. The number of nitrogens with one attached hydrogen (secondary N) is 1. The van der Waals surface area contributed by atoms with Crippen molar-refractivity contribution in [3.8, 4) is 5.69 Å². The van der Waals surface area contributed by atoms with Crippen LogP contribution < -0.4 is 5.56 Å². The highest BCUT2D eigenvalue weighted by Gasteiger charge is 2.17. The number of aromatic nitrogens is 4. The lowest BCUT2D eigenvalue weighted by Gasteiger charge is -2.15. The summed E-state index contributed by atoms with van der Waals surface area (Å²) in [6, 6.07) is 13.6. The summed E-state index contributed by atoms with van der Waals surface area (Å²) in [5, 5.41) is 1.43. The zero-order valence-corrected chi connectivity index (χ0v) is 16.2. The Morgan fingerprint density at radius 1 is 1.11 bits per heavy atom. The highest BCUT2D eigenvalue weighted by Crippen LogP contribution is 2.34. The normalized spacial score (nSPS) is 12.4. The van der Waals surface area contributed by atoms with Crippen molar-refractivity contribution >= 4 is 22.7 Å². The van der Waals surface area contributed by atoms with Gasteiger partial charge in [0.1, 0.15) is 5.82 Å². The van der Waals surface area contributed by atoms with Crippen LogP contribution in [0.25, 0.3) is 16.6 Å². The molecule has 2 aromatic carbocycles. The summed E-state index contributed by atoms with van der Waals surface area (Å²) in [4.78, 5) is 24.4. The fourth-order valence-corrected chi connectivity index (χ4v) is 4.00. The van der Waals surface area contributed by atoms with Crippen molar-refractivity contribution < 1.29 is 0 Å². The molecule has 27 heavy (non-hydrogen) atoms. The van der Waals surface area contributed by atoms with E-state index in [1.54, 1.807) is 24.0 Å². The number of imidazole rings is 1. The van der Waals surface area contributed by atoms with Gasteiger partial charge in [0.15, 0.2) is 5.16 Å². The van der Waals surface area contributed by atoms with Crippen LogP contribution in [0.2, 0.25) is 0 Å². The third-order valence-electron chi connectivity index (χ3n) is 4.74. The largest absolute Gasteiger partial charge is 0.309 e. The van der Waals surface area contributed by atoms with Gasteiger partial charge < -0.3 is 4.98 Å². The van der Waals surface area contributed by atoms with Gasteiger partial charge in [0.25, 0.3) is 5.56 Å². The predicted octanol–water partition coefficient (Wildman–Crippen LogP) is 4.58. The van der Waals surface area contributed by atoms with Gasteiger partial charge in [-0.2, -0.15) is 0 Å². The van der Waals surface area contributed by atoms with Crippen molar-refractivity contribution in [1.29, 1.82) is 0 Å². The highest BCUT2D eigenvalue weighted by atomic mass is 32.2. The third kappa shape index (κ3) is 3.28. The topological polar surface area (TPSA) is 63.6 Å². The molecule has 1 N–H and O–H groups in total. The van der Waals surface area contributed by atoms with E-state index in [1.807, 2.05) is 31.3 Å². The number of rotatable bonds is 4. The van der Waals surface area contributed by atoms with E-state index in [0.29, 0.717) is 16.7 Å². The van der Waals surface area contributed by atoms with E-state index in [9.17, 15) is 4.79 Å². The van der Waals surface area contributed by atoms with E-state index in [2.05, 4.69) is 51.6 Å². The quantitative estimate of drug-likeness (QED) is 0.530. The zero-order chi connectivity index (χ0) is 19.0. The Kier molecular flexibility index (Phi) is 4.58. The van der Waals surface area contributed by atoms with Crippen LogP contribution in [0.1, 0.15) is 29.1 Å². The van der Waals surface area contributed by atoms with Crippen LogP contribution in [0.3, 0.4) is 0 Å². The number of aromatic amines is 1. The molecule has 2 aromatic heterocycles. The lowest BCUT2D eigenvalue weighted by Crippen LogP contribution is -2.13. The van der Waals surface area contributed by atoms with Crippen molar-refractivity contribution in [2.45, 2.75) is 31.2 Å². The molecule has 5 nitrogen and oxygen atoms in total. The maximum Gasteiger partial charge on any atom is 0.258 e. The summed E-state index contributed by atoms with van der Waals surface area (Å²) < 4.78 is 2.09. The minimum absolute atomic E-state index is 0.0476. The molecule has 0 bridgehead atoms. The van der Waals surface area contributed by atoms with E-state index in [1.165, 1.54) is 11.1 Å². The molecule has 1 atom stereocenters. The lowest BCUT2D eigenvalue weighted by molar-refractivity contribution is 0.864. The smallest absolute Gasteiger partial charge is 0.258 e. The zero-order valence-electron chi connectivity index (χ0n) is 15.4. The van der Waals surface area contributed by atoms with E-state index in [0.717, 1.165) is 10.8 Å². The Morgan fingerprint density at radius 2 is 1.93 bits per heavy atom. The first-order valence-corrected chi connectivity index (χ1v) is 9.68. The molecule has 0 aliphatic rings. The van der Waals surface area contributed by atoms with Gasteiger partial charge in [-0.15, -0.1) is 0 Å². The highest BCUT2D eigenvalue weighted by molar-refractivity contribution is 7.99. The Labute approximate surface area is 161 Å². The van der Waals surface area contributed by atoms with E-state index >= 15 is 0 Å². The van der Waals surface area contributed by atoms with Crippen molar-refractivity contribution in [2.75, 3.05) is 0 Å². The van der Waals surface area contributed by atoms with Crippen LogP contribution in [0, 0.1) is 13.8 Å². The minimum Gasteiger partial charge on any atom is -0.309 e. The standard InChI is InChI=1S/C21H20N4OS/c1-13-7-6-10-18(14(13)2)25-12-11-22-21(25)27-15(3)19-23-17-9-5-4-8-16(17)20(26)24-19/h4-12,15H,1-3H3,(H,23,24,26). The van der Waals surface area contributed by atoms with Crippen LogP contribution in [0.5, 0.6) is 0 Å². The van der Waals surface area contributed by atoms with Gasteiger partial charge >= 0.3 is 0 Å². The Balaban J connectivity index is 1.69. The van der Waals surface area contributed by atoms with Gasteiger partial charge in [-0.05, 0) is 50.1 Å². The lowest BCUT2D eigenvalue weighted by atomic mass is 10.1. The van der Waals surface area contributed by atoms with Crippen molar-refractivity contribution in [2.24, 2.45) is 0 Å². The molecular weight excluding hydrogens is 356 g/mol. The molecule has 0 spiro atoms. The summed E-state index contributed by atoms with van der Waals surface area (Å²) in [6.45, 7) is 6.25. The number of nitrogens with zero attached hydrogens (tertiary/aromatic N) is 3. The van der Waals surface area contributed by atoms with Crippen LogP contribution in [-0.2, 0) is 0 Å². The van der Waals surface area contributed by atoms with Gasteiger partial charge in [0.2, 0.25) is 0 Å². The monoisotopic (exact) mass is 376 g/mol. The summed E-state index contributed by atoms with van der Waals surface area (Å²) in [6.07, 6.45) is 3.76. The molecule has 0 fully saturated rings. The van der Waals surface area contributed by atoms with Gasteiger partial charge in [0.05, 0.1) is 21.8 Å². The van der Waals surface area contributed by atoms with Crippen LogP contribution in [0.15, 0.2) is 64.8 Å². The average Bonchev–Trinajstić information content (AvgIpc) is 3.12. The number of thioether (sulfide) groups is 1. The second kappa shape index (κ2) is 7.04. The molecule has 2 heterocycles. The molecule has 6 heteroatoms. The number of hydrogen-bond acceptors (Lipinski definition) is 4. The number of H-pyrrole nitrogens is 1. The Hall–Kier alpha value is -2.86. The van der Waals surface area contributed by atoms with E-state index in [4.69, 9.17) is 0 Å². The number of benzene rings is 2. The first-order chi connectivity index (χ1) is 13.0. The summed E-state index contributed by atoms with van der Waals surface area (Å²) in [5.41, 5.74) is 4.18. The maximum absolute atomic E-state index is 12.4. The number of aryl methyl sites for hydroxylation is 1. The molecular formula is C21H20N4OS. The first-order valence-electron chi connectivity index (χ1n) is 8.80. The third-order valence-corrected chi connectivity index (χ3v) is 5.83. The average molecular weight is 376 g/mol. The summed E-state index contributed by atoms with van der Waals surface area (Å²) in [5.74, 6) is 0.652. The summed E-state index contributed by atoms with van der Waals surface area (Å²) >= 11 is 1.58. The fourth-order valence-electron chi connectivity index (χ4n) is 3.07. The molecule has 1 unspecified atom stereocenters.